The number of aliphatic carboxylic acids is 1. The molecule has 0 radical (unpaired) electrons. The summed E-state index contributed by atoms with van der Waals surface area (Å²) < 4.78 is 27.6. The smallest absolute Gasteiger partial charge is 0.305 e. The lowest BCUT2D eigenvalue weighted by molar-refractivity contribution is -0.138. The summed E-state index contributed by atoms with van der Waals surface area (Å²) in [5.41, 5.74) is -1.12. The molecule has 0 aromatic heterocycles. The number of hydrogen-bond acceptors (Lipinski definition) is 3. The van der Waals surface area contributed by atoms with Crippen molar-refractivity contribution >= 4 is 27.6 Å². The monoisotopic (exact) mass is 320 g/mol. The number of halogens is 3. The van der Waals surface area contributed by atoms with E-state index in [4.69, 9.17) is 5.11 Å². The van der Waals surface area contributed by atoms with Crippen molar-refractivity contribution in [3.63, 3.8) is 0 Å². The zero-order chi connectivity index (χ0) is 13.3. The minimum Gasteiger partial charge on any atom is -0.481 e. The van der Waals surface area contributed by atoms with Gasteiger partial charge < -0.3 is 15.7 Å². The van der Waals surface area contributed by atoms with Gasteiger partial charge in [-0.1, -0.05) is 15.9 Å². The van der Waals surface area contributed by atoms with Crippen LogP contribution in [0.15, 0.2) is 16.6 Å². The minimum atomic E-state index is -1.01. The third kappa shape index (κ3) is 2.62. The Kier molecular flexibility index (Phi) is 3.54. The Morgan fingerprint density at radius 2 is 2.00 bits per heavy atom. The van der Waals surface area contributed by atoms with E-state index in [0.717, 1.165) is 12.1 Å². The second-order valence-electron chi connectivity index (χ2n) is 4.32. The van der Waals surface area contributed by atoms with Gasteiger partial charge in [0.2, 0.25) is 0 Å². The topological polar surface area (TPSA) is 61.4 Å². The fourth-order valence-corrected chi connectivity index (χ4v) is 2.30. The van der Waals surface area contributed by atoms with E-state index in [-0.39, 0.29) is 12.1 Å². The SMILES string of the molecule is O=C(O)CC1(Nc2c(F)cc(Br)cc2F)CNC1. The molecule has 7 heteroatoms. The van der Waals surface area contributed by atoms with Crippen LogP contribution in [0, 0.1) is 11.6 Å². The molecule has 0 amide bonds. The van der Waals surface area contributed by atoms with E-state index in [2.05, 4.69) is 26.6 Å². The summed E-state index contributed by atoms with van der Waals surface area (Å²) in [6.07, 6.45) is -0.199. The molecular formula is C11H11BrF2N2O2. The van der Waals surface area contributed by atoms with E-state index in [9.17, 15) is 13.6 Å². The molecule has 0 aliphatic carbocycles. The highest BCUT2D eigenvalue weighted by Gasteiger charge is 2.40. The summed E-state index contributed by atoms with van der Waals surface area (Å²) >= 11 is 2.98. The molecule has 3 N–H and O–H groups in total. The molecule has 0 atom stereocenters. The molecule has 4 nitrogen and oxygen atoms in total. The number of nitrogens with one attached hydrogen (secondary N) is 2. The number of rotatable bonds is 4. The number of anilines is 1. The standard InChI is InChI=1S/C11H11BrF2N2O2/c12-6-1-7(13)10(8(14)2-6)16-11(3-9(17)18)4-15-5-11/h1-2,15-16H,3-5H2,(H,17,18). The summed E-state index contributed by atoms with van der Waals surface area (Å²) in [6, 6.07) is 2.26. The average Bonchev–Trinajstić information content (AvgIpc) is 2.18. The van der Waals surface area contributed by atoms with Gasteiger partial charge in [0.05, 0.1) is 12.0 Å². The maximum atomic E-state index is 13.6. The van der Waals surface area contributed by atoms with Gasteiger partial charge in [-0.15, -0.1) is 0 Å². The zero-order valence-corrected chi connectivity index (χ0v) is 10.9. The summed E-state index contributed by atoms with van der Waals surface area (Å²) in [4.78, 5) is 10.8. The molecule has 1 aromatic rings. The molecule has 0 bridgehead atoms. The van der Waals surface area contributed by atoms with Crippen LogP contribution in [0.3, 0.4) is 0 Å². The van der Waals surface area contributed by atoms with Crippen LogP contribution in [-0.2, 0) is 4.79 Å². The van der Waals surface area contributed by atoms with Crippen LogP contribution in [0.1, 0.15) is 6.42 Å². The van der Waals surface area contributed by atoms with Crippen LogP contribution < -0.4 is 10.6 Å². The highest BCUT2D eigenvalue weighted by molar-refractivity contribution is 9.10. The van der Waals surface area contributed by atoms with Crippen molar-refractivity contribution in [1.82, 2.24) is 5.32 Å². The van der Waals surface area contributed by atoms with Crippen LogP contribution in [0.25, 0.3) is 0 Å². The molecule has 1 fully saturated rings. The quantitative estimate of drug-likeness (QED) is 0.793. The van der Waals surface area contributed by atoms with Crippen molar-refractivity contribution in [3.8, 4) is 0 Å². The maximum Gasteiger partial charge on any atom is 0.305 e. The van der Waals surface area contributed by atoms with Crippen LogP contribution in [0.4, 0.5) is 14.5 Å². The number of hydrogen-bond donors (Lipinski definition) is 3. The minimum absolute atomic E-state index is 0.199. The molecule has 0 spiro atoms. The van der Waals surface area contributed by atoms with Gasteiger partial charge in [-0.2, -0.15) is 0 Å². The Labute approximate surface area is 111 Å². The van der Waals surface area contributed by atoms with Crippen LogP contribution in [0.2, 0.25) is 0 Å². The lowest BCUT2D eigenvalue weighted by atomic mass is 9.88. The largest absolute Gasteiger partial charge is 0.481 e. The Balaban J connectivity index is 2.25. The predicted molar refractivity (Wildman–Crippen MR) is 65.5 cm³/mol. The third-order valence-corrected chi connectivity index (χ3v) is 3.27. The zero-order valence-electron chi connectivity index (χ0n) is 9.27. The van der Waals surface area contributed by atoms with Crippen molar-refractivity contribution in [3.05, 3.63) is 28.2 Å². The van der Waals surface area contributed by atoms with Crippen molar-refractivity contribution in [2.75, 3.05) is 18.4 Å². The number of carboxylic acid groups (broad SMARTS) is 1. The molecule has 1 aliphatic heterocycles. The lowest BCUT2D eigenvalue weighted by Crippen LogP contribution is -2.65. The van der Waals surface area contributed by atoms with Gasteiger partial charge in [0.15, 0.2) is 0 Å². The van der Waals surface area contributed by atoms with E-state index < -0.39 is 23.1 Å². The first-order valence-corrected chi connectivity index (χ1v) is 6.06. The molecule has 1 aromatic carbocycles. The first-order chi connectivity index (χ1) is 8.42. The normalized spacial score (nSPS) is 17.1. The van der Waals surface area contributed by atoms with Gasteiger partial charge in [-0.05, 0) is 12.1 Å². The van der Waals surface area contributed by atoms with Crippen molar-refractivity contribution in [2.24, 2.45) is 0 Å². The number of carbonyl (C=O) groups is 1. The molecule has 1 heterocycles. The maximum absolute atomic E-state index is 13.6. The molecule has 1 saturated heterocycles. The second kappa shape index (κ2) is 4.81. The highest BCUT2D eigenvalue weighted by atomic mass is 79.9. The summed E-state index contributed by atoms with van der Waals surface area (Å²) in [5, 5.41) is 14.4. The molecular weight excluding hydrogens is 310 g/mol. The number of carboxylic acids is 1. The van der Waals surface area contributed by atoms with E-state index in [0.29, 0.717) is 17.6 Å². The first kappa shape index (κ1) is 13.2. The molecule has 98 valence electrons. The van der Waals surface area contributed by atoms with Crippen LogP contribution in [0.5, 0.6) is 0 Å². The van der Waals surface area contributed by atoms with Gasteiger partial charge in [0, 0.05) is 17.6 Å². The fraction of sp³-hybridized carbons (Fsp3) is 0.364. The molecule has 0 saturated carbocycles. The van der Waals surface area contributed by atoms with Gasteiger partial charge in [0.25, 0.3) is 0 Å². The average molecular weight is 321 g/mol. The van der Waals surface area contributed by atoms with Crippen molar-refractivity contribution in [1.29, 1.82) is 0 Å². The Morgan fingerprint density at radius 1 is 1.44 bits per heavy atom. The second-order valence-corrected chi connectivity index (χ2v) is 5.24. The van der Waals surface area contributed by atoms with E-state index in [1.165, 1.54) is 0 Å². The lowest BCUT2D eigenvalue weighted by Gasteiger charge is -2.43. The van der Waals surface area contributed by atoms with Gasteiger partial charge in [-0.3, -0.25) is 4.79 Å². The molecule has 0 unspecified atom stereocenters. The molecule has 18 heavy (non-hydrogen) atoms. The van der Waals surface area contributed by atoms with E-state index in [1.807, 2.05) is 0 Å². The van der Waals surface area contributed by atoms with Gasteiger partial charge >= 0.3 is 5.97 Å². The highest BCUT2D eigenvalue weighted by Crippen LogP contribution is 2.29. The molecule has 1 aliphatic rings. The predicted octanol–water partition coefficient (Wildman–Crippen LogP) is 1.96. The third-order valence-electron chi connectivity index (χ3n) is 2.81. The van der Waals surface area contributed by atoms with E-state index >= 15 is 0 Å². The number of benzene rings is 1. The Hall–Kier alpha value is -1.21. The van der Waals surface area contributed by atoms with Crippen LogP contribution in [-0.4, -0.2) is 29.7 Å². The van der Waals surface area contributed by atoms with E-state index in [1.54, 1.807) is 0 Å². The summed E-state index contributed by atoms with van der Waals surface area (Å²) in [6.45, 7) is 0.711. The Morgan fingerprint density at radius 3 is 2.39 bits per heavy atom. The Bertz CT molecular complexity index is 469. The summed E-state index contributed by atoms with van der Waals surface area (Å²) in [7, 11) is 0. The molecule has 2 rings (SSSR count). The van der Waals surface area contributed by atoms with Gasteiger partial charge in [-0.25, -0.2) is 8.78 Å². The summed E-state index contributed by atoms with van der Waals surface area (Å²) in [5.74, 6) is -2.51. The fourth-order valence-electron chi connectivity index (χ4n) is 1.90. The van der Waals surface area contributed by atoms with Gasteiger partial charge in [0.1, 0.15) is 17.3 Å². The van der Waals surface area contributed by atoms with Crippen LogP contribution >= 0.6 is 15.9 Å². The first-order valence-electron chi connectivity index (χ1n) is 5.27. The van der Waals surface area contributed by atoms with Crippen molar-refractivity contribution in [2.45, 2.75) is 12.0 Å². The van der Waals surface area contributed by atoms with Crippen molar-refractivity contribution < 1.29 is 18.7 Å².